The third-order valence-electron chi connectivity index (χ3n) is 4.14. The first-order valence-corrected chi connectivity index (χ1v) is 8.41. The van der Waals surface area contributed by atoms with Crippen molar-refractivity contribution in [3.8, 4) is 11.3 Å². The molecule has 0 radical (unpaired) electrons. The molecule has 0 bridgehead atoms. The Labute approximate surface area is 138 Å². The molecule has 1 amide bonds. The summed E-state index contributed by atoms with van der Waals surface area (Å²) in [5.41, 5.74) is 4.88. The van der Waals surface area contributed by atoms with Crippen molar-refractivity contribution in [1.29, 1.82) is 0 Å². The Morgan fingerprint density at radius 3 is 3.13 bits per heavy atom. The summed E-state index contributed by atoms with van der Waals surface area (Å²) < 4.78 is 1.83. The van der Waals surface area contributed by atoms with Crippen molar-refractivity contribution in [3.05, 3.63) is 57.7 Å². The van der Waals surface area contributed by atoms with Crippen LogP contribution in [0.25, 0.3) is 11.3 Å². The van der Waals surface area contributed by atoms with Crippen LogP contribution in [-0.4, -0.2) is 20.7 Å². The maximum Gasteiger partial charge on any atom is 0.272 e. The van der Waals surface area contributed by atoms with Crippen molar-refractivity contribution < 1.29 is 4.79 Å². The molecule has 5 nitrogen and oxygen atoms in total. The van der Waals surface area contributed by atoms with Gasteiger partial charge in [0.15, 0.2) is 5.69 Å². The second kappa shape index (κ2) is 5.62. The second-order valence-electron chi connectivity index (χ2n) is 5.60. The van der Waals surface area contributed by atoms with Gasteiger partial charge in [-0.15, -0.1) is 11.3 Å². The van der Waals surface area contributed by atoms with Crippen LogP contribution in [0.3, 0.4) is 0 Å². The topological polar surface area (TPSA) is 59.8 Å². The van der Waals surface area contributed by atoms with Gasteiger partial charge in [-0.3, -0.25) is 14.5 Å². The molecule has 116 valence electrons. The van der Waals surface area contributed by atoms with Crippen LogP contribution in [0.1, 0.15) is 26.5 Å². The Bertz CT molecular complexity index is 866. The van der Waals surface area contributed by atoms with Crippen LogP contribution in [0.5, 0.6) is 0 Å². The zero-order chi connectivity index (χ0) is 15.8. The van der Waals surface area contributed by atoms with Gasteiger partial charge in [-0.25, -0.2) is 0 Å². The Balaban J connectivity index is 1.61. The van der Waals surface area contributed by atoms with Crippen LogP contribution < -0.4 is 5.32 Å². The lowest BCUT2D eigenvalue weighted by Crippen LogP contribution is -2.24. The number of carbonyl (C=O) groups excluding carboxylic acids is 1. The Morgan fingerprint density at radius 2 is 2.30 bits per heavy atom. The predicted octanol–water partition coefficient (Wildman–Crippen LogP) is 2.57. The van der Waals surface area contributed by atoms with E-state index in [4.69, 9.17) is 0 Å². The van der Waals surface area contributed by atoms with Crippen molar-refractivity contribution in [2.24, 2.45) is 7.05 Å². The minimum Gasteiger partial charge on any atom is -0.346 e. The van der Waals surface area contributed by atoms with E-state index in [1.165, 1.54) is 10.4 Å². The number of aromatic nitrogens is 3. The fourth-order valence-corrected chi connectivity index (χ4v) is 3.96. The summed E-state index contributed by atoms with van der Waals surface area (Å²) >= 11 is 1.77. The van der Waals surface area contributed by atoms with Gasteiger partial charge in [-0.2, -0.15) is 5.10 Å². The quantitative estimate of drug-likeness (QED) is 0.805. The number of thiophene rings is 1. The van der Waals surface area contributed by atoms with Gasteiger partial charge in [0.1, 0.15) is 0 Å². The molecule has 3 heterocycles. The van der Waals surface area contributed by atoms with Gasteiger partial charge < -0.3 is 5.32 Å². The largest absolute Gasteiger partial charge is 0.346 e. The maximum absolute atomic E-state index is 12.5. The fraction of sp³-hybridized carbons (Fsp3) is 0.235. The Morgan fingerprint density at radius 1 is 1.39 bits per heavy atom. The lowest BCUT2D eigenvalue weighted by Gasteiger charge is -2.13. The van der Waals surface area contributed by atoms with E-state index >= 15 is 0 Å². The number of carbonyl (C=O) groups is 1. The van der Waals surface area contributed by atoms with Gasteiger partial charge in [0, 0.05) is 42.0 Å². The zero-order valence-electron chi connectivity index (χ0n) is 12.7. The fourth-order valence-electron chi connectivity index (χ4n) is 3.08. The lowest BCUT2D eigenvalue weighted by molar-refractivity contribution is 0.0944. The van der Waals surface area contributed by atoms with E-state index in [9.17, 15) is 4.79 Å². The zero-order valence-corrected chi connectivity index (χ0v) is 13.6. The molecular formula is C17H16N4OS. The molecule has 0 unspecified atom stereocenters. The molecule has 0 aliphatic heterocycles. The maximum atomic E-state index is 12.5. The van der Waals surface area contributed by atoms with Gasteiger partial charge in [-0.1, -0.05) is 6.07 Å². The summed E-state index contributed by atoms with van der Waals surface area (Å²) in [6, 6.07) is 5.93. The van der Waals surface area contributed by atoms with Crippen molar-refractivity contribution >= 4 is 17.2 Å². The molecular weight excluding hydrogens is 308 g/mol. The summed E-state index contributed by atoms with van der Waals surface area (Å²) in [5.74, 6) is -0.121. The number of aryl methyl sites for hydroxylation is 2. The van der Waals surface area contributed by atoms with Crippen molar-refractivity contribution in [2.45, 2.75) is 19.4 Å². The number of hydrogen-bond donors (Lipinski definition) is 1. The lowest BCUT2D eigenvalue weighted by atomic mass is 9.94. The molecule has 1 aliphatic rings. The highest BCUT2D eigenvalue weighted by Crippen LogP contribution is 2.37. The van der Waals surface area contributed by atoms with Gasteiger partial charge in [0.2, 0.25) is 0 Å². The summed E-state index contributed by atoms with van der Waals surface area (Å²) in [6.45, 7) is 0.460. The monoisotopic (exact) mass is 324 g/mol. The number of rotatable bonds is 3. The summed E-state index contributed by atoms with van der Waals surface area (Å²) in [7, 11) is 1.91. The number of amides is 1. The highest BCUT2D eigenvalue weighted by Gasteiger charge is 2.27. The SMILES string of the molecule is Cn1nc(C(=O)NCc2cccnc2)c2c1-c1ccsc1CC2. The Hall–Kier alpha value is -2.47. The normalized spacial score (nSPS) is 12.6. The van der Waals surface area contributed by atoms with Gasteiger partial charge >= 0.3 is 0 Å². The van der Waals surface area contributed by atoms with Crippen molar-refractivity contribution in [2.75, 3.05) is 0 Å². The van der Waals surface area contributed by atoms with E-state index in [0.717, 1.165) is 29.7 Å². The van der Waals surface area contributed by atoms with E-state index in [0.29, 0.717) is 12.2 Å². The van der Waals surface area contributed by atoms with Gasteiger partial charge in [0.25, 0.3) is 5.91 Å². The average Bonchev–Trinajstić information content (AvgIpc) is 3.17. The van der Waals surface area contributed by atoms with E-state index < -0.39 is 0 Å². The average molecular weight is 324 g/mol. The van der Waals surface area contributed by atoms with Gasteiger partial charge in [-0.05, 0) is 35.9 Å². The second-order valence-corrected chi connectivity index (χ2v) is 6.60. The molecule has 1 aliphatic carbocycles. The molecule has 6 heteroatoms. The van der Waals surface area contributed by atoms with E-state index in [1.807, 2.05) is 23.9 Å². The van der Waals surface area contributed by atoms with E-state index in [-0.39, 0.29) is 5.91 Å². The molecule has 0 fully saturated rings. The molecule has 3 aromatic heterocycles. The molecule has 0 saturated heterocycles. The molecule has 0 atom stereocenters. The minimum absolute atomic E-state index is 0.121. The predicted molar refractivity (Wildman–Crippen MR) is 89.3 cm³/mol. The number of hydrogen-bond acceptors (Lipinski definition) is 4. The minimum atomic E-state index is -0.121. The number of fused-ring (bicyclic) bond motifs is 3. The van der Waals surface area contributed by atoms with Crippen LogP contribution in [0, 0.1) is 0 Å². The smallest absolute Gasteiger partial charge is 0.272 e. The summed E-state index contributed by atoms with van der Waals surface area (Å²) in [5, 5.41) is 9.53. The first-order valence-electron chi connectivity index (χ1n) is 7.54. The summed E-state index contributed by atoms with van der Waals surface area (Å²) in [4.78, 5) is 18.0. The van der Waals surface area contributed by atoms with E-state index in [1.54, 1.807) is 23.7 Å². The highest BCUT2D eigenvalue weighted by molar-refractivity contribution is 7.10. The number of nitrogens with one attached hydrogen (secondary N) is 1. The summed E-state index contributed by atoms with van der Waals surface area (Å²) in [6.07, 6.45) is 5.33. The molecule has 3 aromatic rings. The molecule has 23 heavy (non-hydrogen) atoms. The number of nitrogens with zero attached hydrogens (tertiary/aromatic N) is 3. The van der Waals surface area contributed by atoms with Crippen LogP contribution in [-0.2, 0) is 26.4 Å². The molecule has 1 N–H and O–H groups in total. The molecule has 0 saturated carbocycles. The van der Waals surface area contributed by atoms with E-state index in [2.05, 4.69) is 26.8 Å². The van der Waals surface area contributed by atoms with Crippen LogP contribution in [0.15, 0.2) is 36.0 Å². The third kappa shape index (κ3) is 2.45. The third-order valence-corrected chi connectivity index (χ3v) is 5.12. The van der Waals surface area contributed by atoms with Crippen LogP contribution in [0.2, 0.25) is 0 Å². The number of pyridine rings is 1. The van der Waals surface area contributed by atoms with Crippen LogP contribution >= 0.6 is 11.3 Å². The first kappa shape index (κ1) is 14.1. The van der Waals surface area contributed by atoms with Gasteiger partial charge in [0.05, 0.1) is 5.69 Å². The highest BCUT2D eigenvalue weighted by atomic mass is 32.1. The molecule has 0 spiro atoms. The Kier molecular flexibility index (Phi) is 3.46. The standard InChI is InChI=1S/C17H16N4OS/c1-21-16-12-6-8-23-14(12)5-4-13(16)15(20-21)17(22)19-10-11-3-2-7-18-9-11/h2-3,6-9H,4-5,10H2,1H3,(H,19,22). The molecule has 4 rings (SSSR count). The van der Waals surface area contributed by atoms with Crippen LogP contribution in [0.4, 0.5) is 0 Å². The van der Waals surface area contributed by atoms with Crippen molar-refractivity contribution in [3.63, 3.8) is 0 Å². The molecule has 0 aromatic carbocycles. The first-order chi connectivity index (χ1) is 11.2. The van der Waals surface area contributed by atoms with Crippen molar-refractivity contribution in [1.82, 2.24) is 20.1 Å².